The SMILES string of the molecule is Cc1ccc(C(C)C(=O)N(CC(=O)Nc2nc(-c3ccccc3)cn2-c2ccccc2)C(C)C)cc1. The number of aromatic nitrogens is 2. The molecule has 6 heteroatoms. The minimum atomic E-state index is -0.350. The van der Waals surface area contributed by atoms with Crippen molar-refractivity contribution in [1.82, 2.24) is 14.5 Å². The van der Waals surface area contributed by atoms with Gasteiger partial charge in [-0.3, -0.25) is 19.5 Å². The maximum absolute atomic E-state index is 13.4. The molecule has 0 aliphatic carbocycles. The first-order valence-electron chi connectivity index (χ1n) is 12.2. The van der Waals surface area contributed by atoms with Crippen LogP contribution in [0.2, 0.25) is 0 Å². The standard InChI is InChI=1S/C30H32N4O2/c1-21(2)33(29(36)23(4)24-17-15-22(3)16-18-24)20-28(35)32-30-31-27(25-11-7-5-8-12-25)19-34(30)26-13-9-6-10-14-26/h5-19,21,23H,20H2,1-4H3,(H,31,32,35). The number of aryl methyl sites for hydroxylation is 1. The molecule has 2 amide bonds. The quantitative estimate of drug-likeness (QED) is 0.345. The van der Waals surface area contributed by atoms with E-state index in [0.717, 1.165) is 28.1 Å². The number of imidazole rings is 1. The van der Waals surface area contributed by atoms with Gasteiger partial charge < -0.3 is 4.90 Å². The number of para-hydroxylation sites is 1. The number of anilines is 1. The number of amides is 2. The van der Waals surface area contributed by atoms with Gasteiger partial charge in [-0.1, -0.05) is 78.4 Å². The first kappa shape index (κ1) is 24.9. The molecule has 0 aliphatic heterocycles. The smallest absolute Gasteiger partial charge is 0.246 e. The average molecular weight is 481 g/mol. The summed E-state index contributed by atoms with van der Waals surface area (Å²) in [6.45, 7) is 7.68. The highest BCUT2D eigenvalue weighted by Gasteiger charge is 2.26. The monoisotopic (exact) mass is 480 g/mol. The Morgan fingerprint density at radius 2 is 1.50 bits per heavy atom. The lowest BCUT2D eigenvalue weighted by Gasteiger charge is -2.29. The molecular weight excluding hydrogens is 448 g/mol. The molecule has 0 saturated carbocycles. The molecular formula is C30H32N4O2. The summed E-state index contributed by atoms with van der Waals surface area (Å²) in [6.07, 6.45) is 1.91. The Balaban J connectivity index is 1.56. The number of rotatable bonds is 8. The summed E-state index contributed by atoms with van der Waals surface area (Å²) < 4.78 is 1.86. The maximum Gasteiger partial charge on any atom is 0.246 e. The third-order valence-electron chi connectivity index (χ3n) is 6.23. The molecule has 0 radical (unpaired) electrons. The Morgan fingerprint density at radius 3 is 2.11 bits per heavy atom. The van der Waals surface area contributed by atoms with Gasteiger partial charge in [-0.15, -0.1) is 0 Å². The Morgan fingerprint density at radius 1 is 0.889 bits per heavy atom. The van der Waals surface area contributed by atoms with Gasteiger partial charge in [0.25, 0.3) is 0 Å². The van der Waals surface area contributed by atoms with Crippen molar-refractivity contribution in [3.8, 4) is 16.9 Å². The van der Waals surface area contributed by atoms with Crippen LogP contribution in [0.4, 0.5) is 5.95 Å². The second-order valence-electron chi connectivity index (χ2n) is 9.26. The Labute approximate surface area is 212 Å². The molecule has 0 fully saturated rings. The Bertz CT molecular complexity index is 1310. The number of carbonyl (C=O) groups excluding carboxylic acids is 2. The van der Waals surface area contributed by atoms with Crippen LogP contribution in [-0.2, 0) is 9.59 Å². The number of nitrogens with zero attached hydrogens (tertiary/aromatic N) is 3. The van der Waals surface area contributed by atoms with Crippen molar-refractivity contribution in [3.63, 3.8) is 0 Å². The van der Waals surface area contributed by atoms with Gasteiger partial charge in [0.2, 0.25) is 17.8 Å². The lowest BCUT2D eigenvalue weighted by Crippen LogP contribution is -2.44. The van der Waals surface area contributed by atoms with E-state index in [0.29, 0.717) is 5.95 Å². The minimum absolute atomic E-state index is 0.0605. The molecule has 36 heavy (non-hydrogen) atoms. The molecule has 0 aliphatic rings. The predicted molar refractivity (Wildman–Crippen MR) is 144 cm³/mol. The van der Waals surface area contributed by atoms with Gasteiger partial charge in [-0.05, 0) is 45.4 Å². The molecule has 3 aromatic carbocycles. The Hall–Kier alpha value is -4.19. The van der Waals surface area contributed by atoms with Crippen LogP contribution in [0, 0.1) is 6.92 Å². The van der Waals surface area contributed by atoms with Crippen LogP contribution >= 0.6 is 0 Å². The summed E-state index contributed by atoms with van der Waals surface area (Å²) in [7, 11) is 0. The summed E-state index contributed by atoms with van der Waals surface area (Å²) in [5.74, 6) is -0.319. The van der Waals surface area contributed by atoms with Gasteiger partial charge in [-0.25, -0.2) is 4.98 Å². The number of carbonyl (C=O) groups is 2. The largest absolute Gasteiger partial charge is 0.330 e. The van der Waals surface area contributed by atoms with E-state index in [-0.39, 0.29) is 30.3 Å². The van der Waals surface area contributed by atoms with Crippen molar-refractivity contribution < 1.29 is 9.59 Å². The maximum atomic E-state index is 13.4. The molecule has 0 bridgehead atoms. The van der Waals surface area contributed by atoms with Gasteiger partial charge in [0.15, 0.2) is 0 Å². The molecule has 6 nitrogen and oxygen atoms in total. The predicted octanol–water partition coefficient (Wildman–Crippen LogP) is 5.83. The van der Waals surface area contributed by atoms with E-state index in [1.54, 1.807) is 4.90 Å². The van der Waals surface area contributed by atoms with Crippen LogP contribution in [-0.4, -0.2) is 38.9 Å². The molecule has 4 aromatic rings. The van der Waals surface area contributed by atoms with Crippen molar-refractivity contribution in [2.75, 3.05) is 11.9 Å². The van der Waals surface area contributed by atoms with Crippen LogP contribution in [0.25, 0.3) is 16.9 Å². The van der Waals surface area contributed by atoms with Gasteiger partial charge in [-0.2, -0.15) is 0 Å². The zero-order valence-corrected chi connectivity index (χ0v) is 21.2. The number of hydrogen-bond donors (Lipinski definition) is 1. The lowest BCUT2D eigenvalue weighted by molar-refractivity contribution is -0.137. The van der Waals surface area contributed by atoms with Crippen LogP contribution in [0.1, 0.15) is 37.8 Å². The van der Waals surface area contributed by atoms with E-state index < -0.39 is 0 Å². The van der Waals surface area contributed by atoms with Crippen LogP contribution in [0.3, 0.4) is 0 Å². The number of benzene rings is 3. The van der Waals surface area contributed by atoms with Crippen LogP contribution in [0.5, 0.6) is 0 Å². The molecule has 1 N–H and O–H groups in total. The van der Waals surface area contributed by atoms with Gasteiger partial charge in [0, 0.05) is 23.5 Å². The van der Waals surface area contributed by atoms with Gasteiger partial charge in [0.1, 0.15) is 6.54 Å². The zero-order valence-electron chi connectivity index (χ0n) is 21.2. The van der Waals surface area contributed by atoms with Crippen LogP contribution < -0.4 is 5.32 Å². The van der Waals surface area contributed by atoms with Gasteiger partial charge >= 0.3 is 0 Å². The molecule has 1 aromatic heterocycles. The summed E-state index contributed by atoms with van der Waals surface area (Å²) in [6, 6.07) is 27.4. The fraction of sp³-hybridized carbons (Fsp3) is 0.233. The zero-order chi connectivity index (χ0) is 25.7. The third kappa shape index (κ3) is 5.71. The Kier molecular flexibility index (Phi) is 7.64. The highest BCUT2D eigenvalue weighted by atomic mass is 16.2. The summed E-state index contributed by atoms with van der Waals surface area (Å²) in [4.78, 5) is 32.9. The van der Waals surface area contributed by atoms with Crippen molar-refractivity contribution in [2.24, 2.45) is 0 Å². The first-order chi connectivity index (χ1) is 17.3. The fourth-order valence-electron chi connectivity index (χ4n) is 4.08. The molecule has 184 valence electrons. The highest BCUT2D eigenvalue weighted by molar-refractivity contribution is 5.95. The fourth-order valence-corrected chi connectivity index (χ4v) is 4.08. The van der Waals surface area contributed by atoms with E-state index in [1.165, 1.54) is 0 Å². The topological polar surface area (TPSA) is 67.2 Å². The molecule has 1 unspecified atom stereocenters. The first-order valence-corrected chi connectivity index (χ1v) is 12.2. The van der Waals surface area contributed by atoms with E-state index in [4.69, 9.17) is 4.98 Å². The van der Waals surface area contributed by atoms with E-state index in [2.05, 4.69) is 5.32 Å². The molecule has 1 atom stereocenters. The van der Waals surface area contributed by atoms with E-state index in [9.17, 15) is 9.59 Å². The second-order valence-corrected chi connectivity index (χ2v) is 9.26. The second kappa shape index (κ2) is 11.0. The average Bonchev–Trinajstić information content (AvgIpc) is 3.31. The van der Waals surface area contributed by atoms with Gasteiger partial charge in [0.05, 0.1) is 11.6 Å². The third-order valence-corrected chi connectivity index (χ3v) is 6.23. The molecule has 0 saturated heterocycles. The van der Waals surface area contributed by atoms with E-state index in [1.807, 2.05) is 123 Å². The van der Waals surface area contributed by atoms with Crippen molar-refractivity contribution in [2.45, 2.75) is 39.7 Å². The normalized spacial score (nSPS) is 11.8. The van der Waals surface area contributed by atoms with Crippen molar-refractivity contribution >= 4 is 17.8 Å². The molecule has 4 rings (SSSR count). The molecule has 1 heterocycles. The minimum Gasteiger partial charge on any atom is -0.330 e. The summed E-state index contributed by atoms with van der Waals surface area (Å²) in [5.41, 5.74) is 4.66. The van der Waals surface area contributed by atoms with Crippen LogP contribution in [0.15, 0.2) is 91.1 Å². The highest BCUT2D eigenvalue weighted by Crippen LogP contribution is 2.25. The van der Waals surface area contributed by atoms with E-state index >= 15 is 0 Å². The van der Waals surface area contributed by atoms with Crippen molar-refractivity contribution in [3.05, 3.63) is 102 Å². The summed E-state index contributed by atoms with van der Waals surface area (Å²) >= 11 is 0. The van der Waals surface area contributed by atoms with Crippen molar-refractivity contribution in [1.29, 1.82) is 0 Å². The number of nitrogens with one attached hydrogen (secondary N) is 1. The summed E-state index contributed by atoms with van der Waals surface area (Å²) in [5, 5.41) is 2.94. The molecule has 0 spiro atoms. The lowest BCUT2D eigenvalue weighted by atomic mass is 9.98. The number of hydrogen-bond acceptors (Lipinski definition) is 3.